The lowest BCUT2D eigenvalue weighted by molar-refractivity contribution is -0.115. The molecule has 1 heterocycles. The van der Waals surface area contributed by atoms with E-state index in [1.165, 1.54) is 11.8 Å². The number of benzene rings is 2. The SMILES string of the molecule is O=C1NC(=Nc2cccc(Cl)c2Cl)SC1=Cc1ccc(Cl)cc1Cl. The topological polar surface area (TPSA) is 41.5 Å². The number of nitrogens with zero attached hydrogens (tertiary/aromatic N) is 1. The van der Waals surface area contributed by atoms with Crippen LogP contribution < -0.4 is 5.32 Å². The summed E-state index contributed by atoms with van der Waals surface area (Å²) in [6.07, 6.45) is 1.68. The Bertz CT molecular complexity index is 896. The van der Waals surface area contributed by atoms with Crippen LogP contribution in [-0.2, 0) is 4.79 Å². The molecule has 122 valence electrons. The standard InChI is InChI=1S/C16H8Cl4N2OS/c17-9-5-4-8(11(19)7-9)6-13-15(23)22-16(24-13)21-12-3-1-2-10(18)14(12)20/h1-7H,(H,21,22,23). The van der Waals surface area contributed by atoms with Gasteiger partial charge in [-0.3, -0.25) is 4.79 Å². The molecular weight excluding hydrogens is 410 g/mol. The van der Waals surface area contributed by atoms with Gasteiger partial charge < -0.3 is 5.32 Å². The quantitative estimate of drug-likeness (QED) is 0.591. The second-order valence-corrected chi connectivity index (χ2v) is 7.38. The maximum atomic E-state index is 12.1. The summed E-state index contributed by atoms with van der Waals surface area (Å²) in [7, 11) is 0. The lowest BCUT2D eigenvalue weighted by Gasteiger charge is -2.01. The zero-order chi connectivity index (χ0) is 17.3. The van der Waals surface area contributed by atoms with Crippen molar-refractivity contribution in [1.29, 1.82) is 0 Å². The first kappa shape index (κ1) is 17.6. The van der Waals surface area contributed by atoms with Crippen LogP contribution in [0.1, 0.15) is 5.56 Å². The van der Waals surface area contributed by atoms with Crippen molar-refractivity contribution >= 4 is 81.0 Å². The van der Waals surface area contributed by atoms with Crippen molar-refractivity contribution < 1.29 is 4.79 Å². The van der Waals surface area contributed by atoms with Gasteiger partial charge in [-0.15, -0.1) is 0 Å². The number of amides is 1. The van der Waals surface area contributed by atoms with E-state index in [0.717, 1.165) is 0 Å². The zero-order valence-electron chi connectivity index (χ0n) is 11.8. The molecule has 24 heavy (non-hydrogen) atoms. The molecule has 1 aliphatic heterocycles. The van der Waals surface area contributed by atoms with Crippen LogP contribution in [0.25, 0.3) is 6.08 Å². The first-order valence-electron chi connectivity index (χ1n) is 6.62. The largest absolute Gasteiger partial charge is 0.300 e. The van der Waals surface area contributed by atoms with Gasteiger partial charge in [-0.25, -0.2) is 4.99 Å². The average Bonchev–Trinajstić information content (AvgIpc) is 2.86. The van der Waals surface area contributed by atoms with Crippen LogP contribution in [0.2, 0.25) is 20.1 Å². The summed E-state index contributed by atoms with van der Waals surface area (Å²) in [6, 6.07) is 10.2. The molecule has 1 aliphatic rings. The lowest BCUT2D eigenvalue weighted by atomic mass is 10.2. The molecule has 8 heteroatoms. The van der Waals surface area contributed by atoms with E-state index >= 15 is 0 Å². The number of nitrogens with one attached hydrogen (secondary N) is 1. The third kappa shape index (κ3) is 3.90. The van der Waals surface area contributed by atoms with Crippen molar-refractivity contribution in [3.8, 4) is 0 Å². The highest BCUT2D eigenvalue weighted by Gasteiger charge is 2.24. The monoisotopic (exact) mass is 416 g/mol. The third-order valence-corrected chi connectivity index (χ3v) is 5.33. The highest BCUT2D eigenvalue weighted by atomic mass is 35.5. The summed E-state index contributed by atoms with van der Waals surface area (Å²) in [5.74, 6) is -0.261. The second-order valence-electron chi connectivity index (χ2n) is 4.72. The molecule has 2 aromatic carbocycles. The van der Waals surface area contributed by atoms with E-state index in [2.05, 4.69) is 10.3 Å². The Morgan fingerprint density at radius 3 is 2.58 bits per heavy atom. The number of carbonyl (C=O) groups is 1. The van der Waals surface area contributed by atoms with Gasteiger partial charge in [0.15, 0.2) is 5.17 Å². The predicted molar refractivity (Wildman–Crippen MR) is 104 cm³/mol. The summed E-state index contributed by atoms with van der Waals surface area (Å²) in [5.41, 5.74) is 1.18. The highest BCUT2D eigenvalue weighted by molar-refractivity contribution is 8.18. The van der Waals surface area contributed by atoms with Gasteiger partial charge >= 0.3 is 0 Å². The van der Waals surface area contributed by atoms with Gasteiger partial charge in [0.25, 0.3) is 5.91 Å². The first-order chi connectivity index (χ1) is 11.4. The highest BCUT2D eigenvalue weighted by Crippen LogP contribution is 2.35. The Morgan fingerprint density at radius 1 is 1.04 bits per heavy atom. The molecule has 0 saturated carbocycles. The van der Waals surface area contributed by atoms with Crippen LogP contribution in [0.3, 0.4) is 0 Å². The smallest absolute Gasteiger partial charge is 0.264 e. The van der Waals surface area contributed by atoms with Gasteiger partial charge in [-0.05, 0) is 47.7 Å². The number of hydrogen-bond acceptors (Lipinski definition) is 3. The van der Waals surface area contributed by atoms with Crippen molar-refractivity contribution in [2.45, 2.75) is 0 Å². The number of amidine groups is 1. The molecule has 0 aromatic heterocycles. The van der Waals surface area contributed by atoms with Crippen molar-refractivity contribution in [2.24, 2.45) is 4.99 Å². The molecule has 3 nitrogen and oxygen atoms in total. The minimum atomic E-state index is -0.261. The third-order valence-electron chi connectivity index (χ3n) is 3.05. The van der Waals surface area contributed by atoms with Gasteiger partial charge in [0, 0.05) is 10.0 Å². The fourth-order valence-corrected chi connectivity index (χ4v) is 3.55. The van der Waals surface area contributed by atoms with Crippen LogP contribution >= 0.6 is 58.2 Å². The Morgan fingerprint density at radius 2 is 1.83 bits per heavy atom. The van der Waals surface area contributed by atoms with E-state index < -0.39 is 0 Å². The fourth-order valence-electron chi connectivity index (χ4n) is 1.93. The van der Waals surface area contributed by atoms with E-state index in [9.17, 15) is 4.79 Å². The van der Waals surface area contributed by atoms with Crippen LogP contribution in [0.15, 0.2) is 46.3 Å². The maximum Gasteiger partial charge on any atom is 0.264 e. The van der Waals surface area contributed by atoms with Gasteiger partial charge in [0.2, 0.25) is 0 Å². The summed E-state index contributed by atoms with van der Waals surface area (Å²) in [6.45, 7) is 0. The maximum absolute atomic E-state index is 12.1. The summed E-state index contributed by atoms with van der Waals surface area (Å²) < 4.78 is 0. The molecule has 1 N–H and O–H groups in total. The minimum Gasteiger partial charge on any atom is -0.300 e. The Kier molecular flexibility index (Phi) is 5.42. The molecule has 2 aromatic rings. The molecule has 1 saturated heterocycles. The normalized spacial score (nSPS) is 17.6. The zero-order valence-corrected chi connectivity index (χ0v) is 15.7. The van der Waals surface area contributed by atoms with Crippen LogP contribution in [0.4, 0.5) is 5.69 Å². The van der Waals surface area contributed by atoms with Gasteiger partial charge in [-0.1, -0.05) is 58.5 Å². The summed E-state index contributed by atoms with van der Waals surface area (Å²) in [5, 5.41) is 4.83. The molecule has 0 atom stereocenters. The number of hydrogen-bond donors (Lipinski definition) is 1. The van der Waals surface area contributed by atoms with Crippen LogP contribution in [-0.4, -0.2) is 11.1 Å². The molecule has 0 bridgehead atoms. The van der Waals surface area contributed by atoms with Crippen molar-refractivity contribution in [3.63, 3.8) is 0 Å². The summed E-state index contributed by atoms with van der Waals surface area (Å²) in [4.78, 5) is 16.9. The summed E-state index contributed by atoms with van der Waals surface area (Å²) >= 11 is 25.3. The fraction of sp³-hybridized carbons (Fsp3) is 0. The molecule has 0 aliphatic carbocycles. The number of rotatable bonds is 2. The molecular formula is C16H8Cl4N2OS. The number of aliphatic imine (C=N–C) groups is 1. The van der Waals surface area contributed by atoms with Crippen LogP contribution in [0.5, 0.6) is 0 Å². The first-order valence-corrected chi connectivity index (χ1v) is 8.95. The lowest BCUT2D eigenvalue weighted by Crippen LogP contribution is -2.19. The number of carbonyl (C=O) groups excluding carboxylic acids is 1. The van der Waals surface area contributed by atoms with E-state index in [4.69, 9.17) is 46.4 Å². The molecule has 0 spiro atoms. The molecule has 3 rings (SSSR count). The molecule has 1 fully saturated rings. The van der Waals surface area contributed by atoms with E-state index in [1.807, 2.05) is 0 Å². The minimum absolute atomic E-state index is 0.261. The van der Waals surface area contributed by atoms with Gasteiger partial charge in [0.05, 0.1) is 20.6 Å². The Balaban J connectivity index is 1.89. The van der Waals surface area contributed by atoms with Gasteiger partial charge in [-0.2, -0.15) is 0 Å². The molecule has 1 amide bonds. The Labute approximate surface area is 162 Å². The average molecular weight is 418 g/mol. The predicted octanol–water partition coefficient (Wildman–Crippen LogP) is 6.19. The molecule has 0 radical (unpaired) electrons. The van der Waals surface area contributed by atoms with Crippen molar-refractivity contribution in [3.05, 3.63) is 67.0 Å². The van der Waals surface area contributed by atoms with Gasteiger partial charge in [0.1, 0.15) is 0 Å². The van der Waals surface area contributed by atoms with E-state index in [1.54, 1.807) is 42.5 Å². The number of thioether (sulfide) groups is 1. The Hall–Kier alpha value is -1.17. The molecule has 0 unspecified atom stereocenters. The van der Waals surface area contributed by atoms with E-state index in [-0.39, 0.29) is 5.91 Å². The van der Waals surface area contributed by atoms with Crippen molar-refractivity contribution in [2.75, 3.05) is 0 Å². The number of halogens is 4. The van der Waals surface area contributed by atoms with E-state index in [0.29, 0.717) is 41.4 Å². The van der Waals surface area contributed by atoms with Crippen LogP contribution in [0, 0.1) is 0 Å². The van der Waals surface area contributed by atoms with Crippen molar-refractivity contribution in [1.82, 2.24) is 5.32 Å². The second kappa shape index (κ2) is 7.38.